The molecule has 5 rings (SSSR count). The van der Waals surface area contributed by atoms with Crippen LogP contribution in [0.15, 0.2) is 95.5 Å². The molecule has 0 N–H and O–H groups in total. The highest BCUT2D eigenvalue weighted by Gasteiger charge is 2.10. The normalized spacial score (nSPS) is 11.4. The first kappa shape index (κ1) is 14.7. The zero-order valence-corrected chi connectivity index (χ0v) is 15.1. The molecule has 0 heterocycles. The highest BCUT2D eigenvalue weighted by molar-refractivity contribution is 9.10. The Morgan fingerprint density at radius 2 is 1.20 bits per heavy atom. The van der Waals surface area contributed by atoms with Crippen LogP contribution in [0.5, 0.6) is 0 Å². The third-order valence-electron chi connectivity index (χ3n) is 4.92. The minimum atomic E-state index is 1.17. The van der Waals surface area contributed by atoms with E-state index in [2.05, 4.69) is 107 Å². The fraction of sp³-hybridized carbons (Fsp3) is 0. The predicted octanol–water partition coefficient (Wildman–Crippen LogP) is 7.58. The molecule has 0 nitrogen and oxygen atoms in total. The summed E-state index contributed by atoms with van der Waals surface area (Å²) in [4.78, 5) is 0. The first-order valence-electron chi connectivity index (χ1n) is 8.41. The van der Waals surface area contributed by atoms with Crippen molar-refractivity contribution in [2.45, 2.75) is 0 Å². The van der Waals surface area contributed by atoms with Gasteiger partial charge in [0.2, 0.25) is 0 Å². The monoisotopic (exact) mass is 382 g/mol. The molecule has 0 spiro atoms. The molecule has 0 aliphatic heterocycles. The zero-order valence-electron chi connectivity index (χ0n) is 13.5. The van der Waals surface area contributed by atoms with Crippen molar-refractivity contribution in [3.63, 3.8) is 0 Å². The standard InChI is InChI=1S/C24H15Br/c25-24-19-10-5-4-9-17(19)15-23-20-12-6-11-18(16-7-2-1-3-8-16)21(20)13-14-22(23)24/h1-15H. The molecular formula is C24H15Br. The molecule has 0 aromatic heterocycles. The van der Waals surface area contributed by atoms with Crippen molar-refractivity contribution in [1.29, 1.82) is 0 Å². The summed E-state index contributed by atoms with van der Waals surface area (Å²) in [5.41, 5.74) is 2.54. The molecule has 0 aliphatic rings. The predicted molar refractivity (Wildman–Crippen MR) is 112 cm³/mol. The molecule has 0 bridgehead atoms. The van der Waals surface area contributed by atoms with E-state index in [1.165, 1.54) is 47.9 Å². The second-order valence-electron chi connectivity index (χ2n) is 6.34. The van der Waals surface area contributed by atoms with Crippen molar-refractivity contribution < 1.29 is 0 Å². The van der Waals surface area contributed by atoms with E-state index in [0.717, 1.165) is 0 Å². The van der Waals surface area contributed by atoms with Gasteiger partial charge in [-0.25, -0.2) is 0 Å². The second kappa shape index (κ2) is 5.72. The number of rotatable bonds is 1. The van der Waals surface area contributed by atoms with Gasteiger partial charge < -0.3 is 0 Å². The fourth-order valence-electron chi connectivity index (χ4n) is 3.72. The van der Waals surface area contributed by atoms with Gasteiger partial charge in [0, 0.05) is 4.47 Å². The maximum Gasteiger partial charge on any atom is 0.0332 e. The number of benzene rings is 5. The summed E-state index contributed by atoms with van der Waals surface area (Å²) in [5, 5.41) is 7.67. The molecular weight excluding hydrogens is 368 g/mol. The van der Waals surface area contributed by atoms with E-state index in [1.807, 2.05) is 0 Å². The van der Waals surface area contributed by atoms with Crippen LogP contribution in [0.2, 0.25) is 0 Å². The summed E-state index contributed by atoms with van der Waals surface area (Å²) in [6, 6.07) is 32.5. The lowest BCUT2D eigenvalue weighted by atomic mass is 9.93. The van der Waals surface area contributed by atoms with Crippen LogP contribution in [0.1, 0.15) is 0 Å². The lowest BCUT2D eigenvalue weighted by molar-refractivity contribution is 1.66. The van der Waals surface area contributed by atoms with Crippen molar-refractivity contribution in [2.24, 2.45) is 0 Å². The summed E-state index contributed by atoms with van der Waals surface area (Å²) >= 11 is 3.83. The minimum Gasteiger partial charge on any atom is -0.0622 e. The van der Waals surface area contributed by atoms with Gasteiger partial charge in [-0.05, 0) is 65.4 Å². The van der Waals surface area contributed by atoms with E-state index in [-0.39, 0.29) is 0 Å². The van der Waals surface area contributed by atoms with Crippen LogP contribution in [0.4, 0.5) is 0 Å². The van der Waals surface area contributed by atoms with Crippen LogP contribution < -0.4 is 0 Å². The summed E-state index contributed by atoms with van der Waals surface area (Å²) in [7, 11) is 0. The Hall–Kier alpha value is -2.64. The Morgan fingerprint density at radius 1 is 0.480 bits per heavy atom. The third-order valence-corrected chi connectivity index (χ3v) is 5.78. The quantitative estimate of drug-likeness (QED) is 0.207. The molecule has 5 aromatic rings. The molecule has 0 unspecified atom stereocenters. The lowest BCUT2D eigenvalue weighted by Crippen LogP contribution is -1.85. The molecule has 5 aromatic carbocycles. The first-order valence-corrected chi connectivity index (χ1v) is 9.20. The van der Waals surface area contributed by atoms with Crippen molar-refractivity contribution >= 4 is 48.2 Å². The van der Waals surface area contributed by atoms with Crippen LogP contribution in [-0.2, 0) is 0 Å². The maximum atomic E-state index is 3.83. The third kappa shape index (κ3) is 2.27. The number of hydrogen-bond acceptors (Lipinski definition) is 0. The smallest absolute Gasteiger partial charge is 0.0332 e. The Labute approximate surface area is 154 Å². The van der Waals surface area contributed by atoms with Crippen LogP contribution in [0.25, 0.3) is 43.4 Å². The summed E-state index contributed by atoms with van der Waals surface area (Å²) in [6.45, 7) is 0. The van der Waals surface area contributed by atoms with Gasteiger partial charge in [0.25, 0.3) is 0 Å². The average Bonchev–Trinajstić information content (AvgIpc) is 2.68. The van der Waals surface area contributed by atoms with Crippen LogP contribution in [-0.4, -0.2) is 0 Å². The summed E-state index contributed by atoms with van der Waals surface area (Å²) < 4.78 is 1.17. The van der Waals surface area contributed by atoms with Crippen molar-refractivity contribution in [1.82, 2.24) is 0 Å². The number of hydrogen-bond donors (Lipinski definition) is 0. The first-order chi connectivity index (χ1) is 12.3. The Balaban J connectivity index is 1.93. The average molecular weight is 383 g/mol. The van der Waals surface area contributed by atoms with Gasteiger partial charge >= 0.3 is 0 Å². The molecule has 0 radical (unpaired) electrons. The summed E-state index contributed by atoms with van der Waals surface area (Å²) in [5.74, 6) is 0. The molecule has 0 saturated carbocycles. The van der Waals surface area contributed by atoms with Crippen LogP contribution in [0.3, 0.4) is 0 Å². The summed E-state index contributed by atoms with van der Waals surface area (Å²) in [6.07, 6.45) is 0. The SMILES string of the molecule is Brc1c2ccccc2cc2c1ccc1c(-c3ccccc3)cccc12. The van der Waals surface area contributed by atoms with Gasteiger partial charge in [0.15, 0.2) is 0 Å². The molecule has 118 valence electrons. The second-order valence-corrected chi connectivity index (χ2v) is 7.13. The maximum absolute atomic E-state index is 3.83. The topological polar surface area (TPSA) is 0 Å². The van der Waals surface area contributed by atoms with E-state index in [9.17, 15) is 0 Å². The fourth-order valence-corrected chi connectivity index (χ4v) is 4.43. The molecule has 0 atom stereocenters. The minimum absolute atomic E-state index is 1.17. The Kier molecular flexibility index (Phi) is 3.36. The van der Waals surface area contributed by atoms with E-state index in [0.29, 0.717) is 0 Å². The molecule has 0 aliphatic carbocycles. The van der Waals surface area contributed by atoms with Gasteiger partial charge in [-0.2, -0.15) is 0 Å². The van der Waals surface area contributed by atoms with Crippen molar-refractivity contribution in [3.05, 3.63) is 95.5 Å². The van der Waals surface area contributed by atoms with Gasteiger partial charge in [0.1, 0.15) is 0 Å². The van der Waals surface area contributed by atoms with Gasteiger partial charge in [-0.1, -0.05) is 84.9 Å². The van der Waals surface area contributed by atoms with E-state index < -0.39 is 0 Å². The molecule has 1 heteroatoms. The van der Waals surface area contributed by atoms with E-state index in [4.69, 9.17) is 0 Å². The lowest BCUT2D eigenvalue weighted by Gasteiger charge is -2.12. The largest absolute Gasteiger partial charge is 0.0622 e. The van der Waals surface area contributed by atoms with Gasteiger partial charge in [0.05, 0.1) is 0 Å². The molecule has 25 heavy (non-hydrogen) atoms. The van der Waals surface area contributed by atoms with Gasteiger partial charge in [-0.15, -0.1) is 0 Å². The van der Waals surface area contributed by atoms with E-state index >= 15 is 0 Å². The number of fused-ring (bicyclic) bond motifs is 4. The van der Waals surface area contributed by atoms with Crippen LogP contribution >= 0.6 is 15.9 Å². The molecule has 0 fully saturated rings. The van der Waals surface area contributed by atoms with E-state index in [1.54, 1.807) is 0 Å². The number of halogens is 1. The molecule has 0 saturated heterocycles. The highest BCUT2D eigenvalue weighted by atomic mass is 79.9. The zero-order chi connectivity index (χ0) is 16.8. The van der Waals surface area contributed by atoms with Crippen molar-refractivity contribution in [3.8, 4) is 11.1 Å². The Morgan fingerprint density at radius 3 is 2.08 bits per heavy atom. The highest BCUT2D eigenvalue weighted by Crippen LogP contribution is 2.38. The van der Waals surface area contributed by atoms with Crippen LogP contribution in [0, 0.1) is 0 Å². The van der Waals surface area contributed by atoms with Crippen molar-refractivity contribution in [2.75, 3.05) is 0 Å². The Bertz CT molecular complexity index is 1240. The molecule has 0 amide bonds. The van der Waals surface area contributed by atoms with Gasteiger partial charge in [-0.3, -0.25) is 0 Å².